The van der Waals surface area contributed by atoms with Gasteiger partial charge in [0.25, 0.3) is 11.8 Å². The maximum Gasteiger partial charge on any atom is 0.260 e. The van der Waals surface area contributed by atoms with Crippen molar-refractivity contribution in [2.24, 2.45) is 23.7 Å². The molecule has 2 saturated heterocycles. The van der Waals surface area contributed by atoms with E-state index < -0.39 is 46.8 Å². The predicted molar refractivity (Wildman–Crippen MR) is 181 cm³/mol. The van der Waals surface area contributed by atoms with Crippen molar-refractivity contribution in [2.75, 3.05) is 12.0 Å². The highest BCUT2D eigenvalue weighted by Crippen LogP contribution is 2.65. The minimum atomic E-state index is -1.43. The summed E-state index contributed by atoms with van der Waals surface area (Å²) in [5, 5.41) is 14.7. The van der Waals surface area contributed by atoms with Crippen molar-refractivity contribution in [1.29, 1.82) is 0 Å². The van der Waals surface area contributed by atoms with Crippen molar-refractivity contribution in [3.63, 3.8) is 0 Å². The number of likely N-dealkylation sites (tertiary alicyclic amines) is 1. The molecule has 8 nitrogen and oxygen atoms in total. The summed E-state index contributed by atoms with van der Waals surface area (Å²) in [4.78, 5) is 59.0. The molecule has 4 amide bonds. The molecule has 0 radical (unpaired) electrons. The first-order valence-corrected chi connectivity index (χ1v) is 16.8. The second kappa shape index (κ2) is 11.2. The average Bonchev–Trinajstić information content (AvgIpc) is 3.47. The van der Waals surface area contributed by atoms with Gasteiger partial charge in [-0.25, -0.2) is 0 Å². The van der Waals surface area contributed by atoms with Crippen LogP contribution in [0.3, 0.4) is 0 Å². The van der Waals surface area contributed by atoms with E-state index in [1.165, 1.54) is 4.90 Å². The summed E-state index contributed by atoms with van der Waals surface area (Å²) < 4.78 is 0. The van der Waals surface area contributed by atoms with Gasteiger partial charge in [-0.2, -0.15) is 5.01 Å². The van der Waals surface area contributed by atoms with Gasteiger partial charge < -0.3 is 5.11 Å². The monoisotopic (exact) mass is 639 g/mol. The van der Waals surface area contributed by atoms with Gasteiger partial charge in [0, 0.05) is 23.4 Å². The highest BCUT2D eigenvalue weighted by Gasteiger charge is 2.70. The van der Waals surface area contributed by atoms with Crippen LogP contribution in [0.4, 0.5) is 5.69 Å². The number of nitrogens with zero attached hydrogens (tertiary/aromatic N) is 2. The van der Waals surface area contributed by atoms with Gasteiger partial charge in [0.2, 0.25) is 11.8 Å². The minimum absolute atomic E-state index is 0.0439. The molecule has 4 aliphatic rings. The van der Waals surface area contributed by atoms with Gasteiger partial charge in [-0.15, -0.1) is 0 Å². The van der Waals surface area contributed by atoms with E-state index in [1.807, 2.05) is 111 Å². The van der Waals surface area contributed by atoms with Crippen LogP contribution >= 0.6 is 0 Å². The summed E-state index contributed by atoms with van der Waals surface area (Å²) in [6.07, 6.45) is 3.26. The molecule has 3 fully saturated rings. The number of hydrazine groups is 1. The van der Waals surface area contributed by atoms with E-state index in [0.717, 1.165) is 21.5 Å². The van der Waals surface area contributed by atoms with Crippen LogP contribution in [0.2, 0.25) is 0 Å². The second-order valence-electron chi connectivity index (χ2n) is 13.6. The summed E-state index contributed by atoms with van der Waals surface area (Å²) >= 11 is 0. The second-order valence-corrected chi connectivity index (χ2v) is 13.6. The molecule has 48 heavy (non-hydrogen) atoms. The van der Waals surface area contributed by atoms with Crippen LogP contribution in [0.15, 0.2) is 103 Å². The lowest BCUT2D eigenvalue weighted by Gasteiger charge is -2.50. The van der Waals surface area contributed by atoms with E-state index in [4.69, 9.17) is 0 Å². The zero-order valence-electron chi connectivity index (χ0n) is 26.9. The smallest absolute Gasteiger partial charge is 0.260 e. The van der Waals surface area contributed by atoms with Crippen LogP contribution < -0.4 is 5.43 Å². The highest BCUT2D eigenvalue weighted by atomic mass is 16.3. The Balaban J connectivity index is 1.37. The fourth-order valence-electron chi connectivity index (χ4n) is 9.11. The Morgan fingerprint density at radius 1 is 0.833 bits per heavy atom. The number of carbonyl (C=O) groups is 4. The van der Waals surface area contributed by atoms with Gasteiger partial charge in [0.15, 0.2) is 0 Å². The van der Waals surface area contributed by atoms with Gasteiger partial charge >= 0.3 is 0 Å². The quantitative estimate of drug-likeness (QED) is 0.191. The van der Waals surface area contributed by atoms with Crippen LogP contribution in [0.1, 0.15) is 48.8 Å². The molecule has 2 N–H and O–H groups in total. The third-order valence-corrected chi connectivity index (χ3v) is 11.2. The number of fused-ring (bicyclic) bond motifs is 5. The van der Waals surface area contributed by atoms with Gasteiger partial charge in [-0.05, 0) is 55.2 Å². The third-order valence-electron chi connectivity index (χ3n) is 11.2. The standard InChI is InChI=1S/C40H37N3O5/c1-3-21-42-36(45)29-20-19-28-31(33(29)38(42)47)22-32-37(46)43(41-26-16-13-23(2)14-17-26)39(48)40(32,25-10-5-4-6-11-25)34(28)30-18-15-24-9-7-8-12-27(24)35(30)44/h4-19,29,31-34,41,44H,3,20-22H2,1-2H3/t29-,31+,32-,33-,34+,40+/m0/s1. The van der Waals surface area contributed by atoms with E-state index in [2.05, 4.69) is 5.43 Å². The number of hydrogen-bond acceptors (Lipinski definition) is 6. The molecule has 2 aliphatic carbocycles. The molecule has 8 heteroatoms. The molecule has 0 spiro atoms. The molecular formula is C40H37N3O5. The molecule has 1 saturated carbocycles. The topological polar surface area (TPSA) is 107 Å². The van der Waals surface area contributed by atoms with Crippen molar-refractivity contribution >= 4 is 40.1 Å². The van der Waals surface area contributed by atoms with Crippen molar-refractivity contribution in [2.45, 2.75) is 44.4 Å². The number of imide groups is 2. The Morgan fingerprint density at radius 2 is 1.56 bits per heavy atom. The minimum Gasteiger partial charge on any atom is -0.507 e. The van der Waals surface area contributed by atoms with Crippen LogP contribution in [-0.4, -0.2) is 45.2 Å². The predicted octanol–water partition coefficient (Wildman–Crippen LogP) is 6.25. The SMILES string of the molecule is CCCN1C(=O)[C@H]2[C@H](CC=C3[C@H]2C[C@H]2C(=O)N(Nc4ccc(C)cc4)C(=O)[C@@]2(c2ccccc2)[C@H]3c2ccc3ccccc3c2O)C1=O. The Morgan fingerprint density at radius 3 is 2.31 bits per heavy atom. The Labute approximate surface area is 279 Å². The normalized spacial score (nSPS) is 28.0. The van der Waals surface area contributed by atoms with Crippen LogP contribution in [0.25, 0.3) is 10.8 Å². The van der Waals surface area contributed by atoms with E-state index in [-0.39, 0.29) is 24.0 Å². The molecular weight excluding hydrogens is 602 g/mol. The van der Waals surface area contributed by atoms with E-state index in [1.54, 1.807) is 0 Å². The molecule has 2 heterocycles. The number of phenols is 1. The third kappa shape index (κ3) is 4.14. The lowest BCUT2D eigenvalue weighted by Crippen LogP contribution is -2.53. The molecule has 0 unspecified atom stereocenters. The molecule has 8 rings (SSSR count). The van der Waals surface area contributed by atoms with Gasteiger partial charge in [0.1, 0.15) is 5.75 Å². The zero-order chi connectivity index (χ0) is 33.3. The first kappa shape index (κ1) is 30.1. The molecule has 6 atom stereocenters. The van der Waals surface area contributed by atoms with E-state index >= 15 is 4.79 Å². The van der Waals surface area contributed by atoms with Crippen molar-refractivity contribution in [1.82, 2.24) is 9.91 Å². The lowest BCUT2D eigenvalue weighted by atomic mass is 9.49. The fraction of sp³-hybridized carbons (Fsp3) is 0.300. The largest absolute Gasteiger partial charge is 0.507 e. The summed E-state index contributed by atoms with van der Waals surface area (Å²) in [5.41, 5.74) is 5.36. The van der Waals surface area contributed by atoms with Crippen LogP contribution in [-0.2, 0) is 24.6 Å². The molecule has 0 bridgehead atoms. The number of phenolic OH excluding ortho intramolecular Hbond substituents is 1. The number of aryl methyl sites for hydroxylation is 1. The number of carbonyl (C=O) groups excluding carboxylic acids is 4. The number of allylic oxidation sites excluding steroid dienone is 2. The first-order valence-electron chi connectivity index (χ1n) is 16.8. The number of nitrogens with one attached hydrogen (secondary N) is 1. The molecule has 2 aliphatic heterocycles. The average molecular weight is 640 g/mol. The van der Waals surface area contributed by atoms with Crippen molar-refractivity contribution in [3.05, 3.63) is 119 Å². The van der Waals surface area contributed by atoms with Gasteiger partial charge in [-0.3, -0.25) is 29.5 Å². The number of aromatic hydroxyl groups is 1. The first-order chi connectivity index (χ1) is 23.3. The van der Waals surface area contributed by atoms with E-state index in [9.17, 15) is 19.5 Å². The fourth-order valence-corrected chi connectivity index (χ4v) is 9.11. The van der Waals surface area contributed by atoms with Crippen LogP contribution in [0, 0.1) is 30.6 Å². The maximum absolute atomic E-state index is 15.3. The van der Waals surface area contributed by atoms with Crippen molar-refractivity contribution < 1.29 is 24.3 Å². The lowest BCUT2D eigenvalue weighted by molar-refractivity contribution is -0.141. The number of benzene rings is 4. The molecule has 242 valence electrons. The van der Waals surface area contributed by atoms with Crippen LogP contribution in [0.5, 0.6) is 5.75 Å². The zero-order valence-corrected chi connectivity index (χ0v) is 26.9. The number of anilines is 1. The Kier molecular flexibility index (Phi) is 7.02. The summed E-state index contributed by atoms with van der Waals surface area (Å²) in [5.74, 6) is -4.39. The molecule has 0 aromatic heterocycles. The van der Waals surface area contributed by atoms with Crippen molar-refractivity contribution in [3.8, 4) is 5.75 Å². The molecule has 4 aromatic carbocycles. The summed E-state index contributed by atoms with van der Waals surface area (Å²) in [6.45, 7) is 4.26. The Hall–Kier alpha value is -5.24. The Bertz CT molecular complexity index is 2020. The molecule has 4 aromatic rings. The van der Waals surface area contributed by atoms with E-state index in [0.29, 0.717) is 41.6 Å². The number of hydrogen-bond donors (Lipinski definition) is 2. The number of amides is 4. The summed E-state index contributed by atoms with van der Waals surface area (Å²) in [6, 6.07) is 28.2. The highest BCUT2D eigenvalue weighted by molar-refractivity contribution is 6.13. The maximum atomic E-state index is 15.3. The van der Waals surface area contributed by atoms with Gasteiger partial charge in [-0.1, -0.05) is 103 Å². The summed E-state index contributed by atoms with van der Waals surface area (Å²) in [7, 11) is 0. The number of rotatable bonds is 6. The van der Waals surface area contributed by atoms with Gasteiger partial charge in [0.05, 0.1) is 28.9 Å².